The second-order valence-electron chi connectivity index (χ2n) is 15.3. The quantitative estimate of drug-likeness (QED) is 0.0269. The summed E-state index contributed by atoms with van der Waals surface area (Å²) in [5, 5.41) is 0. The normalized spacial score (nSPS) is 12.0. The Morgan fingerprint density at radius 2 is 0.635 bits per heavy atom. The van der Waals surface area contributed by atoms with Gasteiger partial charge in [0.2, 0.25) is 0 Å². The fraction of sp³-hybridized carbons (Fsp3) is 0.891. The zero-order chi connectivity index (χ0) is 38.0. The van der Waals surface area contributed by atoms with E-state index in [2.05, 4.69) is 32.9 Å². The molecule has 0 bridgehead atoms. The van der Waals surface area contributed by atoms with E-state index in [1.807, 2.05) is 0 Å². The lowest BCUT2D eigenvalue weighted by atomic mass is 10.0. The molecule has 0 amide bonds. The maximum absolute atomic E-state index is 12.7. The smallest absolute Gasteiger partial charge is 0.306 e. The van der Waals surface area contributed by atoms with Crippen LogP contribution in [-0.4, -0.2) is 37.2 Å². The van der Waals surface area contributed by atoms with E-state index in [0.717, 1.165) is 64.2 Å². The molecule has 0 aliphatic rings. The molecule has 0 aromatic rings. The van der Waals surface area contributed by atoms with E-state index < -0.39 is 6.10 Å². The Kier molecular flexibility index (Phi) is 40.4. The van der Waals surface area contributed by atoms with E-state index in [1.54, 1.807) is 0 Å². The van der Waals surface area contributed by atoms with Crippen molar-refractivity contribution in [2.75, 3.05) is 13.2 Å². The van der Waals surface area contributed by atoms with E-state index >= 15 is 0 Å². The standard InChI is InChI=1S/C46H86O6/c1-4-7-10-13-16-18-20-22-23-25-26-28-30-33-36-39-45(48)51-42-43(41-50-44(47)38-35-32-15-12-9-6-3)52-46(49)40-37-34-31-29-27-24-21-19-17-14-11-8-5-2/h22-23,43H,4-21,24-42H2,1-3H3/b23-22-. The van der Waals surface area contributed by atoms with Gasteiger partial charge in [-0.15, -0.1) is 0 Å². The second kappa shape index (κ2) is 41.9. The van der Waals surface area contributed by atoms with Crippen LogP contribution in [0.2, 0.25) is 0 Å². The summed E-state index contributed by atoms with van der Waals surface area (Å²) in [7, 11) is 0. The van der Waals surface area contributed by atoms with Gasteiger partial charge in [0, 0.05) is 19.3 Å². The average molecular weight is 735 g/mol. The Morgan fingerprint density at radius 1 is 0.365 bits per heavy atom. The largest absolute Gasteiger partial charge is 0.462 e. The van der Waals surface area contributed by atoms with Gasteiger partial charge in [-0.25, -0.2) is 0 Å². The molecule has 6 nitrogen and oxygen atoms in total. The molecular weight excluding hydrogens is 648 g/mol. The van der Waals surface area contributed by atoms with E-state index in [9.17, 15) is 14.4 Å². The van der Waals surface area contributed by atoms with Crippen molar-refractivity contribution in [1.29, 1.82) is 0 Å². The van der Waals surface area contributed by atoms with E-state index in [-0.39, 0.29) is 31.1 Å². The fourth-order valence-electron chi connectivity index (χ4n) is 6.55. The van der Waals surface area contributed by atoms with Gasteiger partial charge in [0.25, 0.3) is 0 Å². The Balaban J connectivity index is 4.25. The molecule has 0 aliphatic carbocycles. The third kappa shape index (κ3) is 39.4. The van der Waals surface area contributed by atoms with Gasteiger partial charge in [-0.2, -0.15) is 0 Å². The van der Waals surface area contributed by atoms with Gasteiger partial charge < -0.3 is 14.2 Å². The van der Waals surface area contributed by atoms with Crippen molar-refractivity contribution < 1.29 is 28.6 Å². The minimum absolute atomic E-state index is 0.0697. The molecule has 0 saturated heterocycles. The molecule has 0 aromatic heterocycles. The number of carbonyl (C=O) groups is 3. The van der Waals surface area contributed by atoms with Crippen LogP contribution in [-0.2, 0) is 28.6 Å². The summed E-state index contributed by atoms with van der Waals surface area (Å²) in [5.74, 6) is -0.880. The first-order valence-corrected chi connectivity index (χ1v) is 22.7. The Morgan fingerprint density at radius 3 is 0.962 bits per heavy atom. The summed E-state index contributed by atoms with van der Waals surface area (Å²) < 4.78 is 16.6. The van der Waals surface area contributed by atoms with Gasteiger partial charge >= 0.3 is 17.9 Å². The van der Waals surface area contributed by atoms with Crippen LogP contribution in [0.4, 0.5) is 0 Å². The zero-order valence-electron chi connectivity index (χ0n) is 34.8. The molecule has 0 aromatic carbocycles. The topological polar surface area (TPSA) is 78.9 Å². The predicted octanol–water partition coefficient (Wildman–Crippen LogP) is 14.3. The number of allylic oxidation sites excluding steroid dienone is 2. The van der Waals surface area contributed by atoms with Crippen LogP contribution in [0.25, 0.3) is 0 Å². The first-order chi connectivity index (χ1) is 25.5. The fourth-order valence-corrected chi connectivity index (χ4v) is 6.55. The highest BCUT2D eigenvalue weighted by molar-refractivity contribution is 5.71. The molecule has 0 fully saturated rings. The molecule has 1 unspecified atom stereocenters. The van der Waals surface area contributed by atoms with Crippen molar-refractivity contribution in [2.45, 2.75) is 252 Å². The van der Waals surface area contributed by atoms with E-state index in [1.165, 1.54) is 141 Å². The maximum atomic E-state index is 12.7. The molecule has 0 aliphatic heterocycles. The summed E-state index contributed by atoms with van der Waals surface area (Å²) in [6.07, 6.45) is 43.5. The summed E-state index contributed by atoms with van der Waals surface area (Å²) in [4.78, 5) is 37.5. The minimum atomic E-state index is -0.763. The van der Waals surface area contributed by atoms with Gasteiger partial charge in [0.15, 0.2) is 6.10 Å². The summed E-state index contributed by atoms with van der Waals surface area (Å²) in [5.41, 5.74) is 0. The van der Waals surface area contributed by atoms with Crippen molar-refractivity contribution in [3.05, 3.63) is 12.2 Å². The van der Waals surface area contributed by atoms with Crippen LogP contribution < -0.4 is 0 Å². The van der Waals surface area contributed by atoms with Crippen LogP contribution in [0, 0.1) is 0 Å². The Labute approximate surface area is 322 Å². The lowest BCUT2D eigenvalue weighted by Gasteiger charge is -2.18. The van der Waals surface area contributed by atoms with E-state index in [4.69, 9.17) is 14.2 Å². The number of carbonyl (C=O) groups excluding carboxylic acids is 3. The summed E-state index contributed by atoms with van der Waals surface area (Å²) in [6.45, 7) is 6.57. The van der Waals surface area contributed by atoms with Gasteiger partial charge in [0.1, 0.15) is 13.2 Å². The number of hydrogen-bond donors (Lipinski definition) is 0. The highest BCUT2D eigenvalue weighted by atomic mass is 16.6. The molecule has 52 heavy (non-hydrogen) atoms. The summed E-state index contributed by atoms with van der Waals surface area (Å²) >= 11 is 0. The number of hydrogen-bond acceptors (Lipinski definition) is 6. The first kappa shape index (κ1) is 50.1. The molecule has 0 heterocycles. The third-order valence-electron chi connectivity index (χ3n) is 10.0. The monoisotopic (exact) mass is 735 g/mol. The molecule has 0 saturated carbocycles. The second-order valence-corrected chi connectivity index (χ2v) is 15.3. The predicted molar refractivity (Wildman–Crippen MR) is 220 cm³/mol. The van der Waals surface area contributed by atoms with Crippen molar-refractivity contribution in [1.82, 2.24) is 0 Å². The highest BCUT2D eigenvalue weighted by Crippen LogP contribution is 2.15. The highest BCUT2D eigenvalue weighted by Gasteiger charge is 2.19. The summed E-state index contributed by atoms with van der Waals surface area (Å²) in [6, 6.07) is 0. The lowest BCUT2D eigenvalue weighted by molar-refractivity contribution is -0.167. The number of esters is 3. The van der Waals surface area contributed by atoms with Gasteiger partial charge in [-0.05, 0) is 44.9 Å². The van der Waals surface area contributed by atoms with Crippen molar-refractivity contribution in [2.24, 2.45) is 0 Å². The number of ether oxygens (including phenoxy) is 3. The molecular formula is C46H86O6. The van der Waals surface area contributed by atoms with Crippen LogP contribution in [0.1, 0.15) is 245 Å². The molecule has 6 heteroatoms. The maximum Gasteiger partial charge on any atom is 0.306 e. The molecule has 0 N–H and O–H groups in total. The van der Waals surface area contributed by atoms with Gasteiger partial charge in [0.05, 0.1) is 0 Å². The van der Waals surface area contributed by atoms with Crippen molar-refractivity contribution in [3.8, 4) is 0 Å². The van der Waals surface area contributed by atoms with Gasteiger partial charge in [-0.3, -0.25) is 14.4 Å². The zero-order valence-corrected chi connectivity index (χ0v) is 34.8. The molecule has 306 valence electrons. The third-order valence-corrected chi connectivity index (χ3v) is 10.0. The van der Waals surface area contributed by atoms with Gasteiger partial charge in [-0.1, -0.05) is 193 Å². The van der Waals surface area contributed by atoms with Crippen LogP contribution >= 0.6 is 0 Å². The lowest BCUT2D eigenvalue weighted by Crippen LogP contribution is -2.30. The molecule has 0 spiro atoms. The van der Waals surface area contributed by atoms with Crippen LogP contribution in [0.3, 0.4) is 0 Å². The first-order valence-electron chi connectivity index (χ1n) is 22.7. The molecule has 0 radical (unpaired) electrons. The molecule has 1 atom stereocenters. The van der Waals surface area contributed by atoms with Crippen molar-refractivity contribution >= 4 is 17.9 Å². The Hall–Kier alpha value is -1.85. The van der Waals surface area contributed by atoms with E-state index in [0.29, 0.717) is 19.3 Å². The Bertz CT molecular complexity index is 809. The number of unbranched alkanes of at least 4 members (excludes halogenated alkanes) is 28. The molecule has 0 rings (SSSR count). The average Bonchev–Trinajstić information content (AvgIpc) is 3.14. The SMILES string of the molecule is CCCCCCCC/C=C\CCCCCCCC(=O)OCC(COC(=O)CCCCCCCC)OC(=O)CCCCCCCCCCCCCCC. The van der Waals surface area contributed by atoms with Crippen LogP contribution in [0.5, 0.6) is 0 Å². The van der Waals surface area contributed by atoms with Crippen LogP contribution in [0.15, 0.2) is 12.2 Å². The van der Waals surface area contributed by atoms with Crippen molar-refractivity contribution in [3.63, 3.8) is 0 Å². The number of rotatable bonds is 41. The minimum Gasteiger partial charge on any atom is -0.462 e.